The van der Waals surface area contributed by atoms with Crippen LogP contribution in [0.4, 0.5) is 0 Å². The summed E-state index contributed by atoms with van der Waals surface area (Å²) in [6.07, 6.45) is 2.02. The van der Waals surface area contributed by atoms with Gasteiger partial charge in [-0.3, -0.25) is 0 Å². The summed E-state index contributed by atoms with van der Waals surface area (Å²) in [4.78, 5) is 6.62. The number of rotatable bonds is 3. The van der Waals surface area contributed by atoms with Crippen LogP contribution in [0.2, 0.25) is 0 Å². The zero-order valence-electron chi connectivity index (χ0n) is 10.5. The van der Waals surface area contributed by atoms with Crippen molar-refractivity contribution < 1.29 is 0 Å². The Hall–Kier alpha value is -0.870. The largest absolute Gasteiger partial charge is 0.348 e. The molecule has 0 spiro atoms. The van der Waals surface area contributed by atoms with Crippen molar-refractivity contribution in [2.75, 3.05) is 19.3 Å². The molecule has 0 fully saturated rings. The number of aliphatic imine (C=N–C) groups is 1. The number of thioether (sulfide) groups is 1. The quantitative estimate of drug-likeness (QED) is 0.473. The van der Waals surface area contributed by atoms with Gasteiger partial charge in [-0.1, -0.05) is 30.3 Å². The minimum atomic E-state index is 0.670. The van der Waals surface area contributed by atoms with E-state index >= 15 is 0 Å². The van der Waals surface area contributed by atoms with Crippen LogP contribution < -0.4 is 0 Å². The molecule has 0 aromatic heterocycles. The smallest absolute Gasteiger partial charge is 0.196 e. The van der Waals surface area contributed by atoms with E-state index in [1.54, 1.807) is 11.8 Å². The highest BCUT2D eigenvalue weighted by molar-refractivity contribution is 8.13. The van der Waals surface area contributed by atoms with Gasteiger partial charge in [0, 0.05) is 18.7 Å². The zero-order chi connectivity index (χ0) is 12.7. The summed E-state index contributed by atoms with van der Waals surface area (Å²) in [6, 6.07) is 10.1. The molecule has 0 aliphatic heterocycles. The van der Waals surface area contributed by atoms with E-state index in [4.69, 9.17) is 12.2 Å². The Bertz CT molecular complexity index is 384. The third kappa shape index (κ3) is 4.13. The lowest BCUT2D eigenvalue weighted by Crippen LogP contribution is -2.28. The van der Waals surface area contributed by atoms with Gasteiger partial charge in [0.05, 0.1) is 0 Å². The van der Waals surface area contributed by atoms with Crippen LogP contribution in [0.25, 0.3) is 0 Å². The standard InChI is InChI=1S/C13H18N2S2/c1-4-15(5-2)13(16)14-12(17-3)11-9-7-6-8-10-11/h6-10H,4-5H2,1-3H3/b14-12-. The van der Waals surface area contributed by atoms with Gasteiger partial charge in [-0.2, -0.15) is 0 Å². The van der Waals surface area contributed by atoms with Crippen LogP contribution in [-0.2, 0) is 0 Å². The monoisotopic (exact) mass is 266 g/mol. The number of thiocarbonyl (C=S) groups is 1. The molecule has 4 heteroatoms. The summed E-state index contributed by atoms with van der Waals surface area (Å²) in [5.74, 6) is 0. The Morgan fingerprint density at radius 2 is 1.82 bits per heavy atom. The molecule has 0 saturated carbocycles. The van der Waals surface area contributed by atoms with Gasteiger partial charge in [-0.05, 0) is 32.3 Å². The van der Waals surface area contributed by atoms with Crippen molar-refractivity contribution >= 4 is 34.1 Å². The van der Waals surface area contributed by atoms with Crippen molar-refractivity contribution in [2.24, 2.45) is 4.99 Å². The first kappa shape index (κ1) is 14.2. The summed E-state index contributed by atoms with van der Waals surface area (Å²) in [7, 11) is 0. The minimum Gasteiger partial charge on any atom is -0.348 e. The number of hydrogen-bond donors (Lipinski definition) is 0. The van der Waals surface area contributed by atoms with Crippen molar-refractivity contribution in [3.8, 4) is 0 Å². The van der Waals surface area contributed by atoms with Gasteiger partial charge >= 0.3 is 0 Å². The van der Waals surface area contributed by atoms with E-state index in [1.807, 2.05) is 24.5 Å². The van der Waals surface area contributed by atoms with E-state index in [0.29, 0.717) is 5.11 Å². The van der Waals surface area contributed by atoms with Gasteiger partial charge < -0.3 is 4.90 Å². The molecule has 92 valence electrons. The van der Waals surface area contributed by atoms with Crippen LogP contribution in [0.1, 0.15) is 19.4 Å². The lowest BCUT2D eigenvalue weighted by atomic mass is 10.2. The van der Waals surface area contributed by atoms with Gasteiger partial charge in [0.1, 0.15) is 5.04 Å². The molecule has 17 heavy (non-hydrogen) atoms. The van der Waals surface area contributed by atoms with Gasteiger partial charge in [0.25, 0.3) is 0 Å². The molecule has 1 aromatic rings. The minimum absolute atomic E-state index is 0.670. The molecule has 0 bridgehead atoms. The molecule has 1 rings (SSSR count). The van der Waals surface area contributed by atoms with Crippen LogP contribution in [-0.4, -0.2) is 34.4 Å². The molecule has 0 heterocycles. The van der Waals surface area contributed by atoms with Gasteiger partial charge in [-0.15, -0.1) is 11.8 Å². The summed E-state index contributed by atoms with van der Waals surface area (Å²) < 4.78 is 0. The second-order valence-corrected chi connectivity index (χ2v) is 4.60. The predicted molar refractivity (Wildman–Crippen MR) is 82.0 cm³/mol. The van der Waals surface area contributed by atoms with Crippen LogP contribution in [0, 0.1) is 0 Å². The second kappa shape index (κ2) is 7.45. The average molecular weight is 266 g/mol. The molecule has 0 radical (unpaired) electrons. The maximum absolute atomic E-state index is 5.34. The summed E-state index contributed by atoms with van der Waals surface area (Å²) in [5, 5.41) is 1.64. The number of benzene rings is 1. The first-order valence-corrected chi connectivity index (χ1v) is 7.33. The molecule has 2 nitrogen and oxygen atoms in total. The van der Waals surface area contributed by atoms with E-state index < -0.39 is 0 Å². The molecule has 0 aliphatic rings. The van der Waals surface area contributed by atoms with Crippen LogP contribution in [0.3, 0.4) is 0 Å². The van der Waals surface area contributed by atoms with Crippen molar-refractivity contribution in [1.82, 2.24) is 4.90 Å². The van der Waals surface area contributed by atoms with Gasteiger partial charge in [0.2, 0.25) is 0 Å². The first-order valence-electron chi connectivity index (χ1n) is 5.69. The lowest BCUT2D eigenvalue weighted by molar-refractivity contribution is 0.469. The molecule has 0 unspecified atom stereocenters. The van der Waals surface area contributed by atoms with Gasteiger partial charge in [0.15, 0.2) is 5.11 Å². The Kier molecular flexibility index (Phi) is 6.22. The van der Waals surface area contributed by atoms with E-state index in [2.05, 4.69) is 35.9 Å². The molecule has 0 amide bonds. The molecule has 0 saturated heterocycles. The van der Waals surface area contributed by atoms with Crippen molar-refractivity contribution in [3.05, 3.63) is 35.9 Å². The molecule has 1 aromatic carbocycles. The molecular weight excluding hydrogens is 248 g/mol. The Balaban J connectivity index is 2.91. The summed E-state index contributed by atoms with van der Waals surface area (Å²) in [6.45, 7) is 5.98. The Morgan fingerprint density at radius 3 is 2.29 bits per heavy atom. The SMILES string of the molecule is CCN(CC)C(=S)/N=C(\SC)c1ccccc1. The number of hydrogen-bond acceptors (Lipinski definition) is 2. The first-order chi connectivity index (χ1) is 8.22. The fourth-order valence-corrected chi connectivity index (χ4v) is 2.42. The van der Waals surface area contributed by atoms with E-state index in [-0.39, 0.29) is 0 Å². The average Bonchev–Trinajstić information content (AvgIpc) is 2.38. The Labute approximate surface area is 113 Å². The molecular formula is C13H18N2S2. The molecule has 0 N–H and O–H groups in total. The second-order valence-electron chi connectivity index (χ2n) is 3.44. The lowest BCUT2D eigenvalue weighted by Gasteiger charge is -2.18. The Morgan fingerprint density at radius 1 is 1.24 bits per heavy atom. The predicted octanol–water partition coefficient (Wildman–Crippen LogP) is 3.42. The van der Waals surface area contributed by atoms with Crippen molar-refractivity contribution in [3.63, 3.8) is 0 Å². The maximum Gasteiger partial charge on any atom is 0.196 e. The van der Waals surface area contributed by atoms with Crippen LogP contribution >= 0.6 is 24.0 Å². The van der Waals surface area contributed by atoms with Crippen LogP contribution in [0.15, 0.2) is 35.3 Å². The number of nitrogens with zero attached hydrogens (tertiary/aromatic N) is 2. The highest BCUT2D eigenvalue weighted by Crippen LogP contribution is 2.12. The normalized spacial score (nSPS) is 11.4. The highest BCUT2D eigenvalue weighted by Gasteiger charge is 2.07. The van der Waals surface area contributed by atoms with Crippen LogP contribution in [0.5, 0.6) is 0 Å². The fourth-order valence-electron chi connectivity index (χ4n) is 1.46. The van der Waals surface area contributed by atoms with E-state index in [9.17, 15) is 0 Å². The fraction of sp³-hybridized carbons (Fsp3) is 0.385. The topological polar surface area (TPSA) is 15.6 Å². The third-order valence-corrected chi connectivity index (χ3v) is 3.51. The summed E-state index contributed by atoms with van der Waals surface area (Å²) in [5.41, 5.74) is 1.12. The maximum atomic E-state index is 5.34. The third-order valence-electron chi connectivity index (χ3n) is 2.45. The molecule has 0 atom stereocenters. The highest BCUT2D eigenvalue weighted by atomic mass is 32.2. The zero-order valence-corrected chi connectivity index (χ0v) is 12.1. The van der Waals surface area contributed by atoms with Gasteiger partial charge in [-0.25, -0.2) is 4.99 Å². The van der Waals surface area contributed by atoms with Crippen molar-refractivity contribution in [2.45, 2.75) is 13.8 Å². The molecule has 0 aliphatic carbocycles. The van der Waals surface area contributed by atoms with Crippen molar-refractivity contribution in [1.29, 1.82) is 0 Å². The summed E-state index contributed by atoms with van der Waals surface area (Å²) >= 11 is 6.97. The van der Waals surface area contributed by atoms with E-state index in [0.717, 1.165) is 23.7 Å². The van der Waals surface area contributed by atoms with E-state index in [1.165, 1.54) is 0 Å².